The summed E-state index contributed by atoms with van der Waals surface area (Å²) in [6, 6.07) is 5.02. The number of benzene rings is 1. The number of aliphatic carboxylic acids is 1. The SMILES string of the molecule is COc1ccc2ncc(F)c([C@@H](F)CCC3(CC(=O)O)CCN(CCSC4CCCC4)CC3)c2c1. The largest absolute Gasteiger partial charge is 0.497 e. The average molecular weight is 507 g/mol. The number of methoxy groups -OCH3 is 1. The van der Waals surface area contributed by atoms with Crippen LogP contribution in [0.15, 0.2) is 24.4 Å². The Bertz CT molecular complexity index is 1010. The summed E-state index contributed by atoms with van der Waals surface area (Å²) < 4.78 is 35.5. The summed E-state index contributed by atoms with van der Waals surface area (Å²) in [6.07, 6.45) is 6.86. The summed E-state index contributed by atoms with van der Waals surface area (Å²) in [5.74, 6) is 0.0938. The Morgan fingerprint density at radius 1 is 1.31 bits per heavy atom. The van der Waals surface area contributed by atoms with E-state index in [1.165, 1.54) is 32.8 Å². The molecule has 0 bridgehead atoms. The van der Waals surface area contributed by atoms with Crippen molar-refractivity contribution < 1.29 is 23.4 Å². The lowest BCUT2D eigenvalue weighted by Gasteiger charge is -2.41. The van der Waals surface area contributed by atoms with Crippen molar-refractivity contribution in [3.8, 4) is 5.75 Å². The number of carbonyl (C=O) groups is 1. The molecule has 0 spiro atoms. The molecule has 2 aliphatic rings. The minimum absolute atomic E-state index is 0.0132. The second-order valence-corrected chi connectivity index (χ2v) is 11.5. The lowest BCUT2D eigenvalue weighted by molar-refractivity contribution is -0.141. The average Bonchev–Trinajstić information content (AvgIpc) is 3.36. The molecule has 1 N–H and O–H groups in total. The molecule has 1 aromatic heterocycles. The molecule has 4 rings (SSSR count). The van der Waals surface area contributed by atoms with Crippen LogP contribution >= 0.6 is 11.8 Å². The van der Waals surface area contributed by atoms with Crippen molar-refractivity contribution in [1.82, 2.24) is 9.88 Å². The topological polar surface area (TPSA) is 62.7 Å². The molecule has 0 unspecified atom stereocenters. The van der Waals surface area contributed by atoms with Crippen molar-refractivity contribution in [3.63, 3.8) is 0 Å². The number of carboxylic acids is 1. The van der Waals surface area contributed by atoms with Crippen LogP contribution in [-0.2, 0) is 4.79 Å². The van der Waals surface area contributed by atoms with Crippen LogP contribution in [0.3, 0.4) is 0 Å². The number of carboxylic acid groups (broad SMARTS) is 1. The number of aromatic nitrogens is 1. The van der Waals surface area contributed by atoms with E-state index in [4.69, 9.17) is 4.74 Å². The predicted octanol–water partition coefficient (Wildman–Crippen LogP) is 6.41. The van der Waals surface area contributed by atoms with Gasteiger partial charge in [0.15, 0.2) is 0 Å². The van der Waals surface area contributed by atoms with Crippen LogP contribution in [0.4, 0.5) is 8.78 Å². The van der Waals surface area contributed by atoms with Crippen molar-refractivity contribution in [2.24, 2.45) is 5.41 Å². The van der Waals surface area contributed by atoms with E-state index in [1.54, 1.807) is 18.2 Å². The van der Waals surface area contributed by atoms with Crippen LogP contribution in [0, 0.1) is 11.2 Å². The standard InChI is InChI=1S/C27H36F2N2O3S/c1-34-19-6-7-24-21(16-19)26(23(29)18-30-24)22(28)8-9-27(17-25(32)33)10-12-31(13-11-27)14-15-35-20-4-2-3-5-20/h6-7,16,18,20,22H,2-5,8-15,17H2,1H3,(H,32,33)/t22-/m0/s1. The highest BCUT2D eigenvalue weighted by Gasteiger charge is 2.37. The summed E-state index contributed by atoms with van der Waals surface area (Å²) >= 11 is 2.07. The molecule has 5 nitrogen and oxygen atoms in total. The Morgan fingerprint density at radius 2 is 2.06 bits per heavy atom. The van der Waals surface area contributed by atoms with Crippen molar-refractivity contribution in [2.45, 2.75) is 69.2 Å². The summed E-state index contributed by atoms with van der Waals surface area (Å²) in [6.45, 7) is 2.69. The smallest absolute Gasteiger partial charge is 0.303 e. The quantitative estimate of drug-likeness (QED) is 0.380. The highest BCUT2D eigenvalue weighted by atomic mass is 32.2. The van der Waals surface area contributed by atoms with Gasteiger partial charge < -0.3 is 14.7 Å². The molecule has 2 heterocycles. The second kappa shape index (κ2) is 11.9. The third-order valence-electron chi connectivity index (χ3n) is 7.82. The van der Waals surface area contributed by atoms with Gasteiger partial charge in [-0.2, -0.15) is 11.8 Å². The molecule has 0 amide bonds. The van der Waals surface area contributed by atoms with E-state index in [9.17, 15) is 14.3 Å². The first-order chi connectivity index (χ1) is 16.9. The third kappa shape index (κ3) is 6.64. The van der Waals surface area contributed by atoms with Crippen LogP contribution in [-0.4, -0.2) is 58.7 Å². The Morgan fingerprint density at radius 3 is 2.74 bits per heavy atom. The van der Waals surface area contributed by atoms with Gasteiger partial charge in [0.25, 0.3) is 0 Å². The van der Waals surface area contributed by atoms with Crippen LogP contribution in [0.5, 0.6) is 5.75 Å². The number of halogens is 2. The van der Waals surface area contributed by atoms with Crippen molar-refractivity contribution in [2.75, 3.05) is 32.5 Å². The maximum atomic E-state index is 15.5. The minimum Gasteiger partial charge on any atom is -0.497 e. The predicted molar refractivity (Wildman–Crippen MR) is 136 cm³/mol. The van der Waals surface area contributed by atoms with Gasteiger partial charge in [-0.1, -0.05) is 12.8 Å². The van der Waals surface area contributed by atoms with E-state index < -0.39 is 23.4 Å². The summed E-state index contributed by atoms with van der Waals surface area (Å²) in [5.41, 5.74) is 0.0389. The number of hydrogen-bond acceptors (Lipinski definition) is 5. The first-order valence-corrected chi connectivity index (χ1v) is 13.8. The van der Waals surface area contributed by atoms with Gasteiger partial charge in [-0.3, -0.25) is 9.78 Å². The zero-order chi connectivity index (χ0) is 24.8. The van der Waals surface area contributed by atoms with Gasteiger partial charge in [0, 0.05) is 28.5 Å². The number of thioether (sulfide) groups is 1. The summed E-state index contributed by atoms with van der Waals surface area (Å²) in [4.78, 5) is 18.2. The molecule has 1 atom stereocenters. The number of hydrogen-bond donors (Lipinski definition) is 1. The molecule has 1 saturated heterocycles. The molecular formula is C27H36F2N2O3S. The fraction of sp³-hybridized carbons (Fsp3) is 0.630. The number of pyridine rings is 1. The Balaban J connectivity index is 1.39. The maximum absolute atomic E-state index is 15.5. The normalized spacial score (nSPS) is 19.7. The van der Waals surface area contributed by atoms with Crippen LogP contribution < -0.4 is 4.74 Å². The van der Waals surface area contributed by atoms with E-state index in [0.29, 0.717) is 23.1 Å². The number of nitrogens with zero attached hydrogens (tertiary/aromatic N) is 2. The van der Waals surface area contributed by atoms with E-state index in [2.05, 4.69) is 21.6 Å². The first kappa shape index (κ1) is 26.1. The molecule has 1 aliphatic heterocycles. The summed E-state index contributed by atoms with van der Waals surface area (Å²) in [5, 5.41) is 10.8. The van der Waals surface area contributed by atoms with Crippen molar-refractivity contribution in [3.05, 3.63) is 35.8 Å². The fourth-order valence-electron chi connectivity index (χ4n) is 5.68. The number of ether oxygens (including phenoxy) is 1. The molecule has 0 radical (unpaired) electrons. The molecule has 1 aliphatic carbocycles. The lowest BCUT2D eigenvalue weighted by atomic mass is 9.71. The van der Waals surface area contributed by atoms with Gasteiger partial charge in [-0.25, -0.2) is 8.78 Å². The van der Waals surface area contributed by atoms with E-state index in [1.807, 2.05) is 0 Å². The Kier molecular flexibility index (Phi) is 8.87. The van der Waals surface area contributed by atoms with E-state index in [0.717, 1.165) is 49.7 Å². The lowest BCUT2D eigenvalue weighted by Crippen LogP contribution is -2.42. The molecular weight excluding hydrogens is 470 g/mol. The zero-order valence-electron chi connectivity index (χ0n) is 20.5. The van der Waals surface area contributed by atoms with Gasteiger partial charge in [-0.05, 0) is 75.2 Å². The molecule has 1 saturated carbocycles. The van der Waals surface area contributed by atoms with Gasteiger partial charge in [0.1, 0.15) is 17.7 Å². The molecule has 192 valence electrons. The molecule has 35 heavy (non-hydrogen) atoms. The number of fused-ring (bicyclic) bond motifs is 1. The maximum Gasteiger partial charge on any atom is 0.303 e. The minimum atomic E-state index is -1.54. The molecule has 1 aromatic carbocycles. The second-order valence-electron chi connectivity index (χ2n) is 10.1. The molecule has 2 aromatic rings. The molecule has 8 heteroatoms. The van der Waals surface area contributed by atoms with E-state index >= 15 is 4.39 Å². The van der Waals surface area contributed by atoms with Crippen LogP contribution in [0.1, 0.15) is 69.5 Å². The third-order valence-corrected chi connectivity index (χ3v) is 9.18. The van der Waals surface area contributed by atoms with Crippen molar-refractivity contribution >= 4 is 28.6 Å². The molecule has 2 fully saturated rings. The first-order valence-electron chi connectivity index (χ1n) is 12.7. The highest BCUT2D eigenvalue weighted by Crippen LogP contribution is 2.43. The zero-order valence-corrected chi connectivity index (χ0v) is 21.3. The van der Waals surface area contributed by atoms with Crippen molar-refractivity contribution in [1.29, 1.82) is 0 Å². The van der Waals surface area contributed by atoms with Gasteiger partial charge >= 0.3 is 5.97 Å². The fourth-order valence-corrected chi connectivity index (χ4v) is 7.04. The number of piperidine rings is 1. The van der Waals surface area contributed by atoms with E-state index in [-0.39, 0.29) is 18.4 Å². The number of alkyl halides is 1. The van der Waals surface area contributed by atoms with Gasteiger partial charge in [0.05, 0.1) is 25.2 Å². The number of likely N-dealkylation sites (tertiary alicyclic amines) is 1. The van der Waals surface area contributed by atoms with Crippen LogP contribution in [0.2, 0.25) is 0 Å². The van der Waals surface area contributed by atoms with Crippen LogP contribution in [0.25, 0.3) is 10.9 Å². The Hall–Kier alpha value is -1.93. The highest BCUT2D eigenvalue weighted by molar-refractivity contribution is 7.99. The summed E-state index contributed by atoms with van der Waals surface area (Å²) in [7, 11) is 1.51. The Labute approximate surface area is 210 Å². The van der Waals surface area contributed by atoms with Gasteiger partial charge in [0.2, 0.25) is 0 Å². The number of rotatable bonds is 11. The monoisotopic (exact) mass is 506 g/mol. The van der Waals surface area contributed by atoms with Gasteiger partial charge in [-0.15, -0.1) is 0 Å².